The van der Waals surface area contributed by atoms with Gasteiger partial charge in [-0.1, -0.05) is 35.0 Å². The molecule has 250 valence electrons. The topological polar surface area (TPSA) is 232 Å². The third kappa shape index (κ3) is 7.36. The van der Waals surface area contributed by atoms with Crippen LogP contribution in [0.3, 0.4) is 0 Å². The number of tetrazole rings is 1. The summed E-state index contributed by atoms with van der Waals surface area (Å²) in [5, 5.41) is 40.7. The van der Waals surface area contributed by atoms with Gasteiger partial charge in [-0.25, -0.2) is 14.1 Å². The van der Waals surface area contributed by atoms with Crippen molar-refractivity contribution in [1.82, 2.24) is 35.4 Å². The molecule has 0 spiro atoms. The first-order valence-electron chi connectivity index (χ1n) is 14.0. The zero-order valence-corrected chi connectivity index (χ0v) is 26.3. The van der Waals surface area contributed by atoms with E-state index in [0.29, 0.717) is 22.3 Å². The molecule has 1 unspecified atom stereocenters. The van der Waals surface area contributed by atoms with Crippen LogP contribution >= 0.6 is 19.2 Å². The fourth-order valence-corrected chi connectivity index (χ4v) is 6.07. The number of hydrogen-bond acceptors (Lipinski definition) is 13. The Hall–Kier alpha value is -3.16. The van der Waals surface area contributed by atoms with Gasteiger partial charge in [-0.2, -0.15) is 10.3 Å². The first kappa shape index (κ1) is 34.2. The minimum Gasteiger partial charge on any atom is -0.388 e. The highest BCUT2D eigenvalue weighted by molar-refractivity contribution is 7.53. The zero-order valence-electron chi connectivity index (χ0n) is 24.6. The molecule has 1 aliphatic rings. The Balaban J connectivity index is 1.28. The number of ether oxygens (including phenoxy) is 4. The quantitative estimate of drug-likeness (QED) is 0.0761. The maximum Gasteiger partial charge on any atom is 0.361 e. The number of aromatic nitrogens is 7. The third-order valence-electron chi connectivity index (χ3n) is 7.50. The number of fused-ring (bicyclic) bond motifs is 1. The normalized spacial score (nSPS) is 22.3. The van der Waals surface area contributed by atoms with Crippen molar-refractivity contribution in [1.29, 1.82) is 0 Å². The monoisotopic (exact) mass is 686 g/mol. The molecule has 0 saturated carbocycles. The Bertz CT molecular complexity index is 1660. The number of anilines is 1. The van der Waals surface area contributed by atoms with E-state index in [-0.39, 0.29) is 29.9 Å². The first-order chi connectivity index (χ1) is 21.9. The summed E-state index contributed by atoms with van der Waals surface area (Å²) in [7, 11) is -3.82. The summed E-state index contributed by atoms with van der Waals surface area (Å²) in [6.07, 6.45) is -3.60. The van der Waals surface area contributed by atoms with Gasteiger partial charge in [0.2, 0.25) is 5.34 Å². The molecule has 5 rings (SSSR count). The van der Waals surface area contributed by atoms with E-state index >= 15 is 0 Å². The van der Waals surface area contributed by atoms with Crippen LogP contribution in [0, 0.1) is 5.82 Å². The summed E-state index contributed by atoms with van der Waals surface area (Å²) >= 11 is 6.32. The van der Waals surface area contributed by atoms with Crippen molar-refractivity contribution in [2.24, 2.45) is 0 Å². The van der Waals surface area contributed by atoms with Crippen molar-refractivity contribution in [3.05, 3.63) is 58.9 Å². The van der Waals surface area contributed by atoms with Crippen molar-refractivity contribution in [2.45, 2.75) is 55.9 Å². The van der Waals surface area contributed by atoms with Gasteiger partial charge in [-0.3, -0.25) is 4.57 Å². The number of aliphatic hydroxyl groups is 2. The van der Waals surface area contributed by atoms with E-state index in [1.165, 1.54) is 24.1 Å². The lowest BCUT2D eigenvalue weighted by atomic mass is 10.1. The average molecular weight is 687 g/mol. The molecule has 0 radical (unpaired) electrons. The van der Waals surface area contributed by atoms with Crippen molar-refractivity contribution in [3.63, 3.8) is 0 Å². The van der Waals surface area contributed by atoms with Crippen LogP contribution in [0.25, 0.3) is 11.0 Å². The molecule has 1 aromatic carbocycles. The Morgan fingerprint density at radius 1 is 1.24 bits per heavy atom. The number of rotatable bonds is 15. The van der Waals surface area contributed by atoms with Gasteiger partial charge < -0.3 is 44.3 Å². The Kier molecular flexibility index (Phi) is 10.6. The van der Waals surface area contributed by atoms with E-state index in [4.69, 9.17) is 30.5 Å². The lowest BCUT2D eigenvalue weighted by Gasteiger charge is -2.34. The van der Waals surface area contributed by atoms with Crippen LogP contribution in [0.1, 0.15) is 24.4 Å². The molecule has 17 nitrogen and oxygen atoms in total. The number of nitrogens with zero attached hydrogens (tertiary/aromatic N) is 6. The fourth-order valence-electron chi connectivity index (χ4n) is 5.08. The Labute approximate surface area is 266 Å². The van der Waals surface area contributed by atoms with E-state index in [1.54, 1.807) is 31.2 Å². The maximum atomic E-state index is 14.4. The second kappa shape index (κ2) is 14.3. The summed E-state index contributed by atoms with van der Waals surface area (Å²) in [4.78, 5) is 24.7. The molecule has 6 N–H and O–H groups in total. The number of methoxy groups -OCH3 is 1. The van der Waals surface area contributed by atoms with E-state index in [9.17, 15) is 29.0 Å². The number of halogens is 2. The van der Waals surface area contributed by atoms with Gasteiger partial charge in [0.05, 0.1) is 49.7 Å². The van der Waals surface area contributed by atoms with Crippen molar-refractivity contribution in [3.8, 4) is 0 Å². The third-order valence-corrected chi connectivity index (χ3v) is 9.14. The van der Waals surface area contributed by atoms with Gasteiger partial charge in [0, 0.05) is 12.7 Å². The molecule has 0 amide bonds. The van der Waals surface area contributed by atoms with Gasteiger partial charge in [0.1, 0.15) is 42.0 Å². The van der Waals surface area contributed by atoms with Gasteiger partial charge in [-0.05, 0) is 19.1 Å². The predicted molar refractivity (Wildman–Crippen MR) is 158 cm³/mol. The molecule has 0 bridgehead atoms. The van der Waals surface area contributed by atoms with Crippen molar-refractivity contribution < 1.29 is 47.9 Å². The van der Waals surface area contributed by atoms with Gasteiger partial charge in [0.15, 0.2) is 11.5 Å². The van der Waals surface area contributed by atoms with Crippen LogP contribution in [-0.2, 0) is 36.7 Å². The van der Waals surface area contributed by atoms with Crippen LogP contribution in [0.2, 0.25) is 5.15 Å². The molecule has 20 heteroatoms. The van der Waals surface area contributed by atoms with Crippen LogP contribution in [0.5, 0.6) is 0 Å². The predicted octanol–water partition coefficient (Wildman–Crippen LogP) is 1.15. The molecular formula is C26H33ClFN8O9P. The highest BCUT2D eigenvalue weighted by atomic mass is 35.5. The van der Waals surface area contributed by atoms with E-state index in [1.807, 2.05) is 0 Å². The number of aromatic amines is 1. The van der Waals surface area contributed by atoms with Crippen LogP contribution in [0.15, 0.2) is 36.5 Å². The number of aliphatic hydroxyl groups excluding tert-OH is 2. The smallest absolute Gasteiger partial charge is 0.361 e. The molecule has 1 fully saturated rings. The Morgan fingerprint density at radius 3 is 2.70 bits per heavy atom. The molecule has 1 aliphatic heterocycles. The number of H-pyrrole nitrogens is 1. The van der Waals surface area contributed by atoms with Crippen LogP contribution in [0.4, 0.5) is 10.1 Å². The molecule has 4 heterocycles. The molecule has 3 aromatic heterocycles. The SMILES string of the molecule is COCC(COCc1nn[nH]n1)(OC[C@H]1O[C@H](Cn2ncc3c(N[C@@H](C)c4ccccc4F)cc(Cl)nc32)[C@H](O)[C@@H]1O)P(=O)(O)O. The second-order valence-corrected chi connectivity index (χ2v) is 13.0. The molecule has 46 heavy (non-hydrogen) atoms. The molecular weight excluding hydrogens is 654 g/mol. The van der Waals surface area contributed by atoms with Crippen molar-refractivity contribution in [2.75, 3.05) is 32.2 Å². The molecule has 4 aromatic rings. The minimum absolute atomic E-state index is 0.0800. The molecule has 1 saturated heterocycles. The minimum atomic E-state index is -5.05. The molecule has 0 aliphatic carbocycles. The maximum absolute atomic E-state index is 14.4. The van der Waals surface area contributed by atoms with Crippen LogP contribution < -0.4 is 5.32 Å². The standard InChI is InChI=1S/C26H33ClFN8O9P/c1-14(15-5-3-4-6-17(15)28)30-18-7-21(27)31-25-16(18)8-29-36(25)9-19-23(37)24(38)20(45-19)10-44-26(12-42-2,46(39,40)41)13-43-11-22-32-34-35-33-22/h3-8,14,19-20,23-24,37-38H,9-13H2,1-2H3,(H,30,31)(H2,39,40,41)(H,32,33,34,35)/t14-,19+,20+,23-,24+,26?/m0/s1. The first-order valence-corrected chi connectivity index (χ1v) is 15.9. The van der Waals surface area contributed by atoms with E-state index in [0.717, 1.165) is 0 Å². The summed E-state index contributed by atoms with van der Waals surface area (Å²) < 4.78 is 50.4. The number of benzene rings is 1. The van der Waals surface area contributed by atoms with Gasteiger partial charge in [-0.15, -0.1) is 10.2 Å². The van der Waals surface area contributed by atoms with Gasteiger partial charge >= 0.3 is 7.60 Å². The second-order valence-electron chi connectivity index (χ2n) is 10.7. The highest BCUT2D eigenvalue weighted by Gasteiger charge is 2.51. The summed E-state index contributed by atoms with van der Waals surface area (Å²) in [6, 6.07) is 7.54. The van der Waals surface area contributed by atoms with E-state index < -0.39 is 63.2 Å². The lowest BCUT2D eigenvalue weighted by molar-refractivity contribution is -0.130. The lowest BCUT2D eigenvalue weighted by Crippen LogP contribution is -2.45. The van der Waals surface area contributed by atoms with Gasteiger partial charge in [0.25, 0.3) is 0 Å². The summed E-state index contributed by atoms with van der Waals surface area (Å²) in [5.74, 6) is -0.224. The zero-order chi connectivity index (χ0) is 33.1. The largest absolute Gasteiger partial charge is 0.388 e. The highest BCUT2D eigenvalue weighted by Crippen LogP contribution is 2.52. The van der Waals surface area contributed by atoms with Crippen LogP contribution in [-0.4, -0.2) is 112 Å². The average Bonchev–Trinajstić information content (AvgIpc) is 3.73. The van der Waals surface area contributed by atoms with E-state index in [2.05, 4.69) is 36.0 Å². The number of pyridine rings is 1. The molecule has 6 atom stereocenters. The summed E-state index contributed by atoms with van der Waals surface area (Å²) in [6.45, 7) is -0.265. The number of hydrogen-bond donors (Lipinski definition) is 6. The number of nitrogens with one attached hydrogen (secondary N) is 2. The summed E-state index contributed by atoms with van der Waals surface area (Å²) in [5.41, 5.74) is 1.33. The van der Waals surface area contributed by atoms with Crippen molar-refractivity contribution >= 4 is 35.9 Å². The fraction of sp³-hybridized carbons (Fsp3) is 0.500. The Morgan fingerprint density at radius 2 is 2.00 bits per heavy atom.